The number of amides is 2. The summed E-state index contributed by atoms with van der Waals surface area (Å²) in [4.78, 5) is 24.4. The molecule has 0 saturated heterocycles. The van der Waals surface area contributed by atoms with Crippen molar-refractivity contribution >= 4 is 58.2 Å². The van der Waals surface area contributed by atoms with Crippen molar-refractivity contribution < 1.29 is 9.59 Å². The molecule has 0 aliphatic heterocycles. The van der Waals surface area contributed by atoms with Crippen molar-refractivity contribution in [2.45, 2.75) is 0 Å². The van der Waals surface area contributed by atoms with Gasteiger partial charge in [-0.1, -0.05) is 17.7 Å². The van der Waals surface area contributed by atoms with E-state index in [-0.39, 0.29) is 5.11 Å². The minimum atomic E-state index is -0.396. The van der Waals surface area contributed by atoms with Crippen molar-refractivity contribution in [3.63, 3.8) is 0 Å². The molecule has 0 aliphatic carbocycles. The highest BCUT2D eigenvalue weighted by atomic mass is 35.5. The number of thiophene rings is 1. The fourth-order valence-electron chi connectivity index (χ4n) is 1.52. The Kier molecular flexibility index (Phi) is 6.28. The Morgan fingerprint density at radius 2 is 1.87 bits per heavy atom. The number of rotatable bonds is 3. The van der Waals surface area contributed by atoms with Crippen LogP contribution in [0, 0.1) is 0 Å². The lowest BCUT2D eigenvalue weighted by atomic mass is 10.2. The Morgan fingerprint density at radius 1 is 1.13 bits per heavy atom. The zero-order valence-electron chi connectivity index (χ0n) is 11.7. The third-order valence-electron chi connectivity index (χ3n) is 2.57. The van der Waals surface area contributed by atoms with Crippen molar-refractivity contribution in [2.24, 2.45) is 0 Å². The van der Waals surface area contributed by atoms with Crippen molar-refractivity contribution in [2.75, 3.05) is 0 Å². The summed E-state index contributed by atoms with van der Waals surface area (Å²) < 4.78 is 0. The summed E-state index contributed by atoms with van der Waals surface area (Å²) in [5.41, 5.74) is 5.25. The molecule has 0 saturated carbocycles. The van der Waals surface area contributed by atoms with Crippen LogP contribution < -0.4 is 16.2 Å². The van der Waals surface area contributed by atoms with E-state index < -0.39 is 11.8 Å². The highest BCUT2D eigenvalue weighted by molar-refractivity contribution is 7.80. The molecule has 0 atom stereocenters. The van der Waals surface area contributed by atoms with Crippen molar-refractivity contribution in [1.82, 2.24) is 16.2 Å². The molecule has 1 heterocycles. The van der Waals surface area contributed by atoms with Gasteiger partial charge in [0.2, 0.25) is 5.91 Å². The Hall–Kier alpha value is -2.22. The molecule has 0 bridgehead atoms. The van der Waals surface area contributed by atoms with Gasteiger partial charge in [-0.15, -0.1) is 11.3 Å². The molecule has 0 fully saturated rings. The minimum Gasteiger partial charge on any atom is -0.298 e. The number of hydrogen-bond donors (Lipinski definition) is 3. The van der Waals surface area contributed by atoms with Crippen LogP contribution in [0.2, 0.25) is 5.02 Å². The van der Waals surface area contributed by atoms with Crippen LogP contribution in [0.1, 0.15) is 15.2 Å². The second-order valence-corrected chi connectivity index (χ2v) is 6.08. The van der Waals surface area contributed by atoms with E-state index in [0.29, 0.717) is 10.6 Å². The van der Waals surface area contributed by atoms with E-state index in [2.05, 4.69) is 16.2 Å². The van der Waals surface area contributed by atoms with Gasteiger partial charge >= 0.3 is 0 Å². The van der Waals surface area contributed by atoms with Crippen LogP contribution in [0.25, 0.3) is 6.08 Å². The molecular weight excluding hydrogens is 354 g/mol. The first-order valence-electron chi connectivity index (χ1n) is 6.43. The van der Waals surface area contributed by atoms with Gasteiger partial charge < -0.3 is 0 Å². The van der Waals surface area contributed by atoms with E-state index in [1.165, 1.54) is 17.4 Å². The fourth-order valence-corrected chi connectivity index (χ4v) is 2.41. The Labute approximate surface area is 147 Å². The SMILES string of the molecule is O=C(C=Cc1cccs1)NC(=S)NNC(=O)c1ccc(Cl)cc1. The summed E-state index contributed by atoms with van der Waals surface area (Å²) in [6.45, 7) is 0. The number of hydrogen-bond acceptors (Lipinski definition) is 4. The predicted molar refractivity (Wildman–Crippen MR) is 96.1 cm³/mol. The second-order valence-electron chi connectivity index (χ2n) is 4.25. The molecule has 2 rings (SSSR count). The van der Waals surface area contributed by atoms with E-state index in [4.69, 9.17) is 23.8 Å². The standard InChI is InChI=1S/C15H12ClN3O2S2/c16-11-5-3-10(4-6-11)14(21)18-19-15(22)17-13(20)8-7-12-2-1-9-23-12/h1-9H,(H,18,21)(H2,17,19,20,22). The van der Waals surface area contributed by atoms with Gasteiger partial charge in [0.25, 0.3) is 5.91 Å². The van der Waals surface area contributed by atoms with Gasteiger partial charge in [0.05, 0.1) is 0 Å². The smallest absolute Gasteiger partial charge is 0.269 e. The Bertz CT molecular complexity index is 728. The molecule has 23 heavy (non-hydrogen) atoms. The molecule has 1 aromatic heterocycles. The Morgan fingerprint density at radius 3 is 2.52 bits per heavy atom. The lowest BCUT2D eigenvalue weighted by molar-refractivity contribution is -0.115. The van der Waals surface area contributed by atoms with Crippen LogP contribution in [0.4, 0.5) is 0 Å². The molecule has 3 N–H and O–H groups in total. The number of hydrazine groups is 1. The summed E-state index contributed by atoms with van der Waals surface area (Å²) in [5.74, 6) is -0.788. The van der Waals surface area contributed by atoms with E-state index >= 15 is 0 Å². The molecule has 1 aromatic carbocycles. The van der Waals surface area contributed by atoms with E-state index in [1.54, 1.807) is 30.3 Å². The number of thiocarbonyl (C=S) groups is 1. The van der Waals surface area contributed by atoms with Crippen LogP contribution in [0.3, 0.4) is 0 Å². The monoisotopic (exact) mass is 365 g/mol. The molecule has 8 heteroatoms. The lowest BCUT2D eigenvalue weighted by Crippen LogP contribution is -2.48. The summed E-state index contributed by atoms with van der Waals surface area (Å²) in [6.07, 6.45) is 3.04. The van der Waals surface area contributed by atoms with Gasteiger partial charge in [0.1, 0.15) is 0 Å². The zero-order valence-corrected chi connectivity index (χ0v) is 14.1. The molecule has 2 aromatic rings. The molecule has 0 radical (unpaired) electrons. The van der Waals surface area contributed by atoms with Crippen molar-refractivity contribution in [3.05, 3.63) is 63.3 Å². The predicted octanol–water partition coefficient (Wildman–Crippen LogP) is 2.75. The molecule has 118 valence electrons. The maximum atomic E-state index is 11.8. The van der Waals surface area contributed by atoms with Crippen molar-refractivity contribution in [1.29, 1.82) is 0 Å². The maximum Gasteiger partial charge on any atom is 0.269 e. The van der Waals surface area contributed by atoms with Crippen LogP contribution in [0.15, 0.2) is 47.9 Å². The average Bonchev–Trinajstić information content (AvgIpc) is 3.05. The summed E-state index contributed by atoms with van der Waals surface area (Å²) in [5, 5.41) is 4.86. The van der Waals surface area contributed by atoms with Crippen LogP contribution in [-0.2, 0) is 4.79 Å². The number of carbonyl (C=O) groups excluding carboxylic acids is 2. The van der Waals surface area contributed by atoms with Crippen molar-refractivity contribution in [3.8, 4) is 0 Å². The third-order valence-corrected chi connectivity index (χ3v) is 3.87. The molecule has 0 aliphatic rings. The molecule has 5 nitrogen and oxygen atoms in total. The van der Waals surface area contributed by atoms with Crippen LogP contribution in [-0.4, -0.2) is 16.9 Å². The molecular formula is C15H12ClN3O2S2. The second kappa shape index (κ2) is 8.42. The third kappa shape index (κ3) is 5.82. The zero-order chi connectivity index (χ0) is 16.7. The number of halogens is 1. The first-order valence-corrected chi connectivity index (χ1v) is 8.09. The summed E-state index contributed by atoms with van der Waals surface area (Å²) in [6, 6.07) is 10.1. The van der Waals surface area contributed by atoms with Gasteiger partial charge in [0, 0.05) is 21.5 Å². The first kappa shape index (κ1) is 17.1. The van der Waals surface area contributed by atoms with Crippen LogP contribution >= 0.6 is 35.2 Å². The molecule has 0 unspecified atom stereocenters. The van der Waals surface area contributed by atoms with Crippen LogP contribution in [0.5, 0.6) is 0 Å². The Balaban J connectivity index is 1.77. The molecule has 2 amide bonds. The fraction of sp³-hybridized carbons (Fsp3) is 0. The van der Waals surface area contributed by atoms with E-state index in [1.807, 2.05) is 17.5 Å². The van der Waals surface area contributed by atoms with Gasteiger partial charge in [-0.3, -0.25) is 25.8 Å². The normalized spacial score (nSPS) is 10.3. The lowest BCUT2D eigenvalue weighted by Gasteiger charge is -2.09. The van der Waals surface area contributed by atoms with Gasteiger partial charge in [-0.25, -0.2) is 0 Å². The van der Waals surface area contributed by atoms with E-state index in [9.17, 15) is 9.59 Å². The number of nitrogens with one attached hydrogen (secondary N) is 3. The van der Waals surface area contributed by atoms with E-state index in [0.717, 1.165) is 4.88 Å². The molecule has 0 spiro atoms. The summed E-state index contributed by atoms with van der Waals surface area (Å²) >= 11 is 12.2. The minimum absolute atomic E-state index is 0.00635. The maximum absolute atomic E-state index is 11.8. The largest absolute Gasteiger partial charge is 0.298 e. The van der Waals surface area contributed by atoms with Gasteiger partial charge in [-0.05, 0) is 54.0 Å². The number of benzene rings is 1. The topological polar surface area (TPSA) is 70.2 Å². The highest BCUT2D eigenvalue weighted by Gasteiger charge is 2.06. The first-order chi connectivity index (χ1) is 11.0. The van der Waals surface area contributed by atoms with Gasteiger partial charge in [0.15, 0.2) is 5.11 Å². The number of carbonyl (C=O) groups is 2. The summed E-state index contributed by atoms with van der Waals surface area (Å²) in [7, 11) is 0. The quantitative estimate of drug-likeness (QED) is 0.444. The highest BCUT2D eigenvalue weighted by Crippen LogP contribution is 2.10. The van der Waals surface area contributed by atoms with Gasteiger partial charge in [-0.2, -0.15) is 0 Å². The average molecular weight is 366 g/mol.